The van der Waals surface area contributed by atoms with Gasteiger partial charge in [-0.2, -0.15) is 0 Å². The van der Waals surface area contributed by atoms with E-state index < -0.39 is 8.07 Å². The minimum atomic E-state index is -1.81. The lowest BCUT2D eigenvalue weighted by Gasteiger charge is -2.40. The van der Waals surface area contributed by atoms with Gasteiger partial charge in [-0.3, -0.25) is 0 Å². The van der Waals surface area contributed by atoms with Crippen LogP contribution in [-0.2, 0) is 9.31 Å². The first-order valence-corrected chi connectivity index (χ1v) is 12.7. The molecule has 0 aromatic heterocycles. The molecule has 0 unspecified atom stereocenters. The van der Waals surface area contributed by atoms with E-state index in [1.807, 2.05) is 0 Å². The summed E-state index contributed by atoms with van der Waals surface area (Å²) in [6.07, 6.45) is 3.76. The van der Waals surface area contributed by atoms with Crippen molar-refractivity contribution >= 4 is 37.8 Å². The van der Waals surface area contributed by atoms with Crippen molar-refractivity contribution < 1.29 is 9.31 Å². The van der Waals surface area contributed by atoms with E-state index >= 15 is 0 Å². The van der Waals surface area contributed by atoms with Crippen molar-refractivity contribution in [3.05, 3.63) is 19.4 Å². The fraction of sp³-hybridized carbons (Fsp3) is 0.789. The highest BCUT2D eigenvalue weighted by molar-refractivity contribution is 14.1. The van der Waals surface area contributed by atoms with Gasteiger partial charge in [0.25, 0.3) is 0 Å². The Hall–Kier alpha value is 0.412. The van der Waals surface area contributed by atoms with Crippen LogP contribution in [0.2, 0.25) is 11.1 Å². The number of halogens is 1. The summed E-state index contributed by atoms with van der Waals surface area (Å²) in [5.41, 5.74) is 4.10. The second-order valence-corrected chi connectivity index (χ2v) is 16.5. The predicted octanol–water partition coefficient (Wildman–Crippen LogP) is 6.15. The molecule has 134 valence electrons. The molecular weight excluding hydrogens is 426 g/mol. The Morgan fingerprint density at radius 3 is 1.83 bits per heavy atom. The highest BCUT2D eigenvalue weighted by Crippen LogP contribution is 2.59. The van der Waals surface area contributed by atoms with Gasteiger partial charge < -0.3 is 9.31 Å². The standard InChI is InChI=1S/C19H32BIO2Si/c1-12(2)24(13(3)4)16(14-10-9-11-15(14)17(24)21)20-22-18(5,6)19(7,8)23-20/h12-13H,9-11H2,1-8H3. The Labute approximate surface area is 163 Å². The predicted molar refractivity (Wildman–Crippen MR) is 114 cm³/mol. The van der Waals surface area contributed by atoms with Crippen LogP contribution in [0, 0.1) is 0 Å². The molecule has 0 bridgehead atoms. The van der Waals surface area contributed by atoms with E-state index in [1.165, 1.54) is 19.3 Å². The average molecular weight is 458 g/mol. The molecule has 24 heavy (non-hydrogen) atoms. The fourth-order valence-electron chi connectivity index (χ4n) is 4.99. The molecule has 2 nitrogen and oxygen atoms in total. The number of allylic oxidation sites excluding steroid dienone is 2. The van der Waals surface area contributed by atoms with Gasteiger partial charge in [-0.15, -0.1) is 0 Å². The zero-order valence-electron chi connectivity index (χ0n) is 16.5. The van der Waals surface area contributed by atoms with E-state index in [-0.39, 0.29) is 18.3 Å². The van der Waals surface area contributed by atoms with E-state index in [0.717, 1.165) is 0 Å². The van der Waals surface area contributed by atoms with Crippen molar-refractivity contribution in [1.29, 1.82) is 0 Å². The zero-order chi connectivity index (χ0) is 18.1. The minimum Gasteiger partial charge on any atom is -0.400 e. The van der Waals surface area contributed by atoms with Crippen LogP contribution in [0.3, 0.4) is 0 Å². The van der Waals surface area contributed by atoms with E-state index in [4.69, 9.17) is 9.31 Å². The third-order valence-corrected chi connectivity index (χ3v) is 16.4. The zero-order valence-corrected chi connectivity index (χ0v) is 19.7. The van der Waals surface area contributed by atoms with Gasteiger partial charge in [-0.05, 0) is 71.9 Å². The number of hydrogen-bond donors (Lipinski definition) is 0. The van der Waals surface area contributed by atoms with Gasteiger partial charge >= 0.3 is 7.12 Å². The van der Waals surface area contributed by atoms with Gasteiger partial charge in [-0.25, -0.2) is 0 Å². The maximum atomic E-state index is 6.58. The van der Waals surface area contributed by atoms with Gasteiger partial charge in [0, 0.05) is 0 Å². The van der Waals surface area contributed by atoms with E-state index in [0.29, 0.717) is 11.1 Å². The summed E-state index contributed by atoms with van der Waals surface area (Å²) in [5, 5.41) is 1.59. The Morgan fingerprint density at radius 1 is 0.917 bits per heavy atom. The summed E-state index contributed by atoms with van der Waals surface area (Å²) in [4.78, 5) is 0. The first kappa shape index (κ1) is 19.2. The van der Waals surface area contributed by atoms with Crippen LogP contribution in [0.25, 0.3) is 0 Å². The lowest BCUT2D eigenvalue weighted by molar-refractivity contribution is 0.00578. The number of fused-ring (bicyclic) bond motifs is 1. The third kappa shape index (κ3) is 2.40. The molecule has 1 saturated carbocycles. The third-order valence-electron chi connectivity index (χ3n) is 6.93. The molecule has 0 radical (unpaired) electrons. The summed E-state index contributed by atoms with van der Waals surface area (Å²) in [6.45, 7) is 18.4. The summed E-state index contributed by atoms with van der Waals surface area (Å²) < 4.78 is 14.9. The lowest BCUT2D eigenvalue weighted by atomic mass is 9.85. The van der Waals surface area contributed by atoms with Crippen LogP contribution in [0.5, 0.6) is 0 Å². The molecule has 2 heterocycles. The summed E-state index contributed by atoms with van der Waals surface area (Å²) >= 11 is 2.70. The summed E-state index contributed by atoms with van der Waals surface area (Å²) in [7, 11) is -1.96. The highest BCUT2D eigenvalue weighted by atomic mass is 127. The number of hydrogen-bond acceptors (Lipinski definition) is 2. The molecule has 2 fully saturated rings. The molecule has 5 heteroatoms. The van der Waals surface area contributed by atoms with Gasteiger partial charge in [0.2, 0.25) is 0 Å². The molecule has 0 atom stereocenters. The van der Waals surface area contributed by atoms with Gasteiger partial charge in [0.15, 0.2) is 0 Å². The van der Waals surface area contributed by atoms with Crippen molar-refractivity contribution in [3.8, 4) is 0 Å². The molecule has 0 amide bonds. The molecule has 3 aliphatic rings. The molecule has 0 aromatic rings. The second kappa shape index (κ2) is 5.96. The van der Waals surface area contributed by atoms with Crippen LogP contribution in [-0.4, -0.2) is 26.4 Å². The number of rotatable bonds is 3. The van der Waals surface area contributed by atoms with Gasteiger partial charge in [-0.1, -0.05) is 55.9 Å². The minimum absolute atomic E-state index is 0.151. The highest BCUT2D eigenvalue weighted by Gasteiger charge is 2.62. The van der Waals surface area contributed by atoms with Crippen LogP contribution in [0.15, 0.2) is 19.4 Å². The molecule has 2 aliphatic heterocycles. The first-order chi connectivity index (χ1) is 11.0. The Kier molecular flexibility index (Phi) is 4.76. The van der Waals surface area contributed by atoms with Crippen LogP contribution in [0.4, 0.5) is 0 Å². The molecule has 3 rings (SSSR count). The quantitative estimate of drug-likeness (QED) is 0.373. The topological polar surface area (TPSA) is 18.5 Å². The lowest BCUT2D eigenvalue weighted by Crippen LogP contribution is -2.49. The van der Waals surface area contributed by atoms with Crippen LogP contribution < -0.4 is 0 Å². The monoisotopic (exact) mass is 458 g/mol. The summed E-state index contributed by atoms with van der Waals surface area (Å²) in [5.74, 6) is 0. The molecular formula is C19H32BIO2Si. The second-order valence-electron chi connectivity index (χ2n) is 9.30. The van der Waals surface area contributed by atoms with Crippen molar-refractivity contribution in [2.45, 2.75) is 96.9 Å². The van der Waals surface area contributed by atoms with E-state index in [9.17, 15) is 0 Å². The Balaban J connectivity index is 2.16. The molecule has 0 N–H and O–H groups in total. The van der Waals surface area contributed by atoms with Crippen LogP contribution in [0.1, 0.15) is 74.7 Å². The molecule has 1 aliphatic carbocycles. The Bertz CT molecular complexity index is 595. The maximum Gasteiger partial charge on any atom is 0.487 e. The van der Waals surface area contributed by atoms with Crippen LogP contribution >= 0.6 is 22.6 Å². The normalized spacial score (nSPS) is 27.9. The fourth-order valence-corrected chi connectivity index (χ4v) is 16.1. The molecule has 1 saturated heterocycles. The first-order valence-electron chi connectivity index (χ1n) is 9.45. The average Bonchev–Trinajstić information content (AvgIpc) is 3.02. The van der Waals surface area contributed by atoms with Crippen molar-refractivity contribution in [2.75, 3.05) is 0 Å². The van der Waals surface area contributed by atoms with Gasteiger partial charge in [0.05, 0.1) is 11.2 Å². The smallest absolute Gasteiger partial charge is 0.400 e. The van der Waals surface area contributed by atoms with Crippen molar-refractivity contribution in [2.24, 2.45) is 0 Å². The van der Waals surface area contributed by atoms with Crippen molar-refractivity contribution in [3.63, 3.8) is 0 Å². The Morgan fingerprint density at radius 2 is 1.38 bits per heavy atom. The largest absolute Gasteiger partial charge is 0.487 e. The van der Waals surface area contributed by atoms with Gasteiger partial charge in [0.1, 0.15) is 8.07 Å². The molecule has 0 aromatic carbocycles. The van der Waals surface area contributed by atoms with E-state index in [1.54, 1.807) is 19.4 Å². The van der Waals surface area contributed by atoms with Crippen molar-refractivity contribution in [1.82, 2.24) is 0 Å². The summed E-state index contributed by atoms with van der Waals surface area (Å²) in [6, 6.07) is 0. The SMILES string of the molecule is CC(C)[Si]1(C(C)C)C(I)=C2CCCC2=C1B1OC(C)(C)C(C)(C)O1. The molecule has 0 spiro atoms. The van der Waals surface area contributed by atoms with E-state index in [2.05, 4.69) is 78.0 Å². The maximum absolute atomic E-state index is 6.58.